The lowest BCUT2D eigenvalue weighted by Gasteiger charge is -2.30. The van der Waals surface area contributed by atoms with Gasteiger partial charge in [0.05, 0.1) is 12.2 Å². The van der Waals surface area contributed by atoms with Gasteiger partial charge in [-0.15, -0.1) is 0 Å². The minimum Gasteiger partial charge on any atom is -0.394 e. The van der Waals surface area contributed by atoms with Gasteiger partial charge >= 0.3 is 11.6 Å². The number of nitrogens with zero attached hydrogens (tertiary/aromatic N) is 2. The van der Waals surface area contributed by atoms with E-state index < -0.39 is 42.3 Å². The van der Waals surface area contributed by atoms with E-state index in [4.69, 9.17) is 9.47 Å². The van der Waals surface area contributed by atoms with Gasteiger partial charge in [0.15, 0.2) is 6.10 Å². The number of aliphatic hydroxyl groups excluding tert-OH is 1. The van der Waals surface area contributed by atoms with E-state index in [9.17, 15) is 18.7 Å². The maximum atomic E-state index is 14.9. The molecule has 26 heavy (non-hydrogen) atoms. The highest BCUT2D eigenvalue weighted by atomic mass is 19.3. The SMILES string of the molecule is CC(C)(C)Nc1ccn([C@@H]2O[C@H](CO)[C@H](OC(C)(C)C)C2(F)F)c(=O)n1. The van der Waals surface area contributed by atoms with Crippen LogP contribution in [0.15, 0.2) is 17.1 Å². The number of alkyl halides is 2. The van der Waals surface area contributed by atoms with Crippen molar-refractivity contribution >= 4 is 5.82 Å². The molecule has 0 bridgehead atoms. The Morgan fingerprint density at radius 3 is 2.42 bits per heavy atom. The number of hydrogen-bond acceptors (Lipinski definition) is 6. The zero-order valence-electron chi connectivity index (χ0n) is 15.9. The van der Waals surface area contributed by atoms with Gasteiger partial charge in [-0.3, -0.25) is 4.57 Å². The molecule has 0 saturated carbocycles. The Morgan fingerprint density at radius 1 is 1.35 bits per heavy atom. The van der Waals surface area contributed by atoms with Crippen LogP contribution in [0.25, 0.3) is 0 Å². The second-order valence-corrected chi connectivity index (χ2v) is 8.41. The average Bonchev–Trinajstić information content (AvgIpc) is 2.67. The molecule has 0 unspecified atom stereocenters. The van der Waals surface area contributed by atoms with Gasteiger partial charge in [-0.1, -0.05) is 0 Å². The Morgan fingerprint density at radius 2 is 1.96 bits per heavy atom. The van der Waals surface area contributed by atoms with Crippen molar-refractivity contribution in [3.05, 3.63) is 22.7 Å². The molecule has 3 atom stereocenters. The number of halogens is 2. The summed E-state index contributed by atoms with van der Waals surface area (Å²) in [6.45, 7) is 9.89. The van der Waals surface area contributed by atoms with Gasteiger partial charge in [-0.05, 0) is 47.6 Å². The van der Waals surface area contributed by atoms with Crippen LogP contribution in [-0.2, 0) is 9.47 Å². The maximum Gasteiger partial charge on any atom is 0.351 e. The second kappa shape index (κ2) is 6.86. The van der Waals surface area contributed by atoms with Crippen LogP contribution in [0.3, 0.4) is 0 Å². The van der Waals surface area contributed by atoms with Crippen LogP contribution < -0.4 is 11.0 Å². The first-order valence-corrected chi connectivity index (χ1v) is 8.44. The van der Waals surface area contributed by atoms with E-state index in [1.54, 1.807) is 20.8 Å². The van der Waals surface area contributed by atoms with Crippen LogP contribution in [0.1, 0.15) is 47.8 Å². The highest BCUT2D eigenvalue weighted by molar-refractivity contribution is 5.34. The fourth-order valence-electron chi connectivity index (χ4n) is 2.69. The smallest absolute Gasteiger partial charge is 0.351 e. The van der Waals surface area contributed by atoms with Crippen molar-refractivity contribution in [2.45, 2.75) is 77.0 Å². The number of rotatable bonds is 4. The molecule has 0 spiro atoms. The van der Waals surface area contributed by atoms with Crippen LogP contribution >= 0.6 is 0 Å². The summed E-state index contributed by atoms with van der Waals surface area (Å²) in [6, 6.07) is 1.43. The molecular formula is C17H27F2N3O4. The van der Waals surface area contributed by atoms with Crippen molar-refractivity contribution < 1.29 is 23.4 Å². The Balaban J connectivity index is 2.35. The topological polar surface area (TPSA) is 85.6 Å². The van der Waals surface area contributed by atoms with Crippen molar-refractivity contribution in [3.63, 3.8) is 0 Å². The second-order valence-electron chi connectivity index (χ2n) is 8.41. The van der Waals surface area contributed by atoms with Crippen molar-refractivity contribution in [1.82, 2.24) is 9.55 Å². The molecule has 2 heterocycles. The van der Waals surface area contributed by atoms with Crippen LogP contribution in [0.2, 0.25) is 0 Å². The Labute approximate surface area is 151 Å². The van der Waals surface area contributed by atoms with E-state index in [1.165, 1.54) is 12.3 Å². The summed E-state index contributed by atoms with van der Waals surface area (Å²) in [6.07, 6.45) is -3.64. The van der Waals surface area contributed by atoms with Gasteiger partial charge in [0.25, 0.3) is 0 Å². The Hall–Kier alpha value is -1.58. The highest BCUT2D eigenvalue weighted by Gasteiger charge is 2.61. The first kappa shape index (κ1) is 20.7. The molecule has 0 aromatic carbocycles. The van der Waals surface area contributed by atoms with Gasteiger partial charge in [0.1, 0.15) is 11.9 Å². The maximum absolute atomic E-state index is 14.9. The molecule has 1 saturated heterocycles. The minimum atomic E-state index is -3.52. The zero-order chi connectivity index (χ0) is 19.9. The van der Waals surface area contributed by atoms with E-state index in [0.29, 0.717) is 0 Å². The lowest BCUT2D eigenvalue weighted by Crippen LogP contribution is -2.46. The van der Waals surface area contributed by atoms with Crippen molar-refractivity contribution in [2.75, 3.05) is 11.9 Å². The molecule has 2 N–H and O–H groups in total. The van der Waals surface area contributed by atoms with E-state index in [2.05, 4.69) is 10.3 Å². The predicted molar refractivity (Wildman–Crippen MR) is 92.4 cm³/mol. The standard InChI is InChI=1S/C17H27F2N3O4/c1-15(2,3)21-11-7-8-22(14(24)20-11)13-17(18,19)12(10(9-23)25-13)26-16(4,5)6/h7-8,10,12-13,23H,9H2,1-6H3,(H,20,21,24)/t10-,12+,13-/m1/s1. The molecule has 148 valence electrons. The number of ether oxygens (including phenoxy) is 2. The molecule has 0 aliphatic carbocycles. The molecule has 9 heteroatoms. The number of nitrogens with one attached hydrogen (secondary N) is 1. The van der Waals surface area contributed by atoms with Gasteiger partial charge < -0.3 is 19.9 Å². The molecule has 1 aliphatic heterocycles. The Bertz CT molecular complexity index is 694. The Kier molecular flexibility index (Phi) is 5.47. The first-order valence-electron chi connectivity index (χ1n) is 8.44. The molecule has 0 amide bonds. The number of hydrogen-bond donors (Lipinski definition) is 2. The number of aromatic nitrogens is 2. The van der Waals surface area contributed by atoms with Crippen molar-refractivity contribution in [1.29, 1.82) is 0 Å². The quantitative estimate of drug-likeness (QED) is 0.839. The zero-order valence-corrected chi connectivity index (χ0v) is 15.9. The first-order chi connectivity index (χ1) is 11.7. The van der Waals surface area contributed by atoms with E-state index >= 15 is 0 Å². The summed E-state index contributed by atoms with van der Waals surface area (Å²) >= 11 is 0. The van der Waals surface area contributed by atoms with Gasteiger partial charge in [0, 0.05) is 11.7 Å². The monoisotopic (exact) mass is 375 g/mol. The molecule has 1 aromatic heterocycles. The van der Waals surface area contributed by atoms with Crippen molar-refractivity contribution in [3.8, 4) is 0 Å². The molecular weight excluding hydrogens is 348 g/mol. The fraction of sp³-hybridized carbons (Fsp3) is 0.765. The lowest BCUT2D eigenvalue weighted by atomic mass is 10.1. The van der Waals surface area contributed by atoms with Crippen LogP contribution in [0, 0.1) is 0 Å². The van der Waals surface area contributed by atoms with Crippen LogP contribution in [0.4, 0.5) is 14.6 Å². The third-order valence-corrected chi connectivity index (χ3v) is 3.60. The summed E-state index contributed by atoms with van der Waals surface area (Å²) in [5.74, 6) is -3.24. The third-order valence-electron chi connectivity index (χ3n) is 3.60. The van der Waals surface area contributed by atoms with Gasteiger partial charge in [-0.2, -0.15) is 13.8 Å². The summed E-state index contributed by atoms with van der Waals surface area (Å²) in [7, 11) is 0. The molecule has 1 aliphatic rings. The number of aliphatic hydroxyl groups is 1. The molecule has 7 nitrogen and oxygen atoms in total. The predicted octanol–water partition coefficient (Wildman–Crippen LogP) is 2.16. The molecule has 0 radical (unpaired) electrons. The molecule has 2 rings (SSSR count). The lowest BCUT2D eigenvalue weighted by molar-refractivity contribution is -0.184. The average molecular weight is 375 g/mol. The third kappa shape index (κ3) is 4.57. The normalized spacial score (nSPS) is 26.1. The summed E-state index contributed by atoms with van der Waals surface area (Å²) in [4.78, 5) is 16.1. The molecule has 1 aromatic rings. The summed E-state index contributed by atoms with van der Waals surface area (Å²) in [5, 5.41) is 12.4. The summed E-state index contributed by atoms with van der Waals surface area (Å²) in [5.41, 5.74) is -2.09. The number of anilines is 1. The van der Waals surface area contributed by atoms with Crippen molar-refractivity contribution in [2.24, 2.45) is 0 Å². The van der Waals surface area contributed by atoms with E-state index in [1.807, 2.05) is 20.8 Å². The molecule has 1 fully saturated rings. The van der Waals surface area contributed by atoms with E-state index in [-0.39, 0.29) is 11.4 Å². The summed E-state index contributed by atoms with van der Waals surface area (Å²) < 4.78 is 41.2. The van der Waals surface area contributed by atoms with Gasteiger partial charge in [-0.25, -0.2) is 4.79 Å². The van der Waals surface area contributed by atoms with Crippen LogP contribution in [0.5, 0.6) is 0 Å². The van der Waals surface area contributed by atoms with Crippen LogP contribution in [-0.4, -0.2) is 50.5 Å². The highest BCUT2D eigenvalue weighted by Crippen LogP contribution is 2.45. The van der Waals surface area contributed by atoms with E-state index in [0.717, 1.165) is 4.57 Å². The fourth-order valence-corrected chi connectivity index (χ4v) is 2.69. The largest absolute Gasteiger partial charge is 0.394 e. The minimum absolute atomic E-state index is 0.279. The van der Waals surface area contributed by atoms with Gasteiger partial charge in [0.2, 0.25) is 6.23 Å².